The van der Waals surface area contributed by atoms with E-state index in [-0.39, 0.29) is 46.7 Å². The summed E-state index contributed by atoms with van der Waals surface area (Å²) in [6, 6.07) is 3.51. The van der Waals surface area contributed by atoms with Gasteiger partial charge in [-0.1, -0.05) is 11.6 Å². The van der Waals surface area contributed by atoms with Gasteiger partial charge < -0.3 is 25.2 Å². The Bertz CT molecular complexity index is 1270. The van der Waals surface area contributed by atoms with Gasteiger partial charge in [-0.15, -0.1) is 5.10 Å². The summed E-state index contributed by atoms with van der Waals surface area (Å²) >= 11 is 5.97. The third-order valence-electron chi connectivity index (χ3n) is 8.21. The zero-order valence-corrected chi connectivity index (χ0v) is 22.1. The monoisotopic (exact) mass is 560 g/mol. The lowest BCUT2D eigenvalue weighted by atomic mass is 9.83. The Kier molecular flexibility index (Phi) is 7.88. The summed E-state index contributed by atoms with van der Waals surface area (Å²) in [7, 11) is 1.35. The molecule has 4 unspecified atom stereocenters. The van der Waals surface area contributed by atoms with Gasteiger partial charge in [-0.3, -0.25) is 14.4 Å². The Morgan fingerprint density at radius 1 is 1.05 bits per heavy atom. The van der Waals surface area contributed by atoms with E-state index >= 15 is 0 Å². The molecule has 12 heteroatoms. The topological polar surface area (TPSA) is 140 Å². The van der Waals surface area contributed by atoms with E-state index in [2.05, 4.69) is 20.8 Å². The van der Waals surface area contributed by atoms with E-state index in [4.69, 9.17) is 21.1 Å². The van der Waals surface area contributed by atoms with Crippen LogP contribution in [0.3, 0.4) is 0 Å². The van der Waals surface area contributed by atoms with Crippen LogP contribution in [0.25, 0.3) is 0 Å². The average Bonchev–Trinajstić information content (AvgIpc) is 3.52. The van der Waals surface area contributed by atoms with Crippen molar-refractivity contribution in [2.75, 3.05) is 12.4 Å². The minimum atomic E-state index is -0.837. The molecule has 10 nitrogen and oxygen atoms in total. The number of benzene rings is 1. The zero-order valence-electron chi connectivity index (χ0n) is 21.4. The molecule has 3 fully saturated rings. The summed E-state index contributed by atoms with van der Waals surface area (Å²) in [5.74, 6) is -2.74. The minimum Gasteiger partial charge on any atom is -0.496 e. The number of aliphatic carboxylic acids is 1. The van der Waals surface area contributed by atoms with Crippen molar-refractivity contribution in [3.8, 4) is 11.5 Å². The second kappa shape index (κ2) is 11.3. The van der Waals surface area contributed by atoms with E-state index in [0.29, 0.717) is 30.7 Å². The number of fused-ring (bicyclic) bond motifs is 2. The number of carbonyl (C=O) groups is 3. The first-order valence-electron chi connectivity index (χ1n) is 13.1. The first-order chi connectivity index (χ1) is 18.7. The van der Waals surface area contributed by atoms with Gasteiger partial charge in [0.1, 0.15) is 5.75 Å². The maximum absolute atomic E-state index is 14.9. The maximum atomic E-state index is 14.9. The molecule has 3 N–H and O–H groups in total. The van der Waals surface area contributed by atoms with Crippen molar-refractivity contribution in [1.29, 1.82) is 0 Å². The highest BCUT2D eigenvalue weighted by Gasteiger charge is 2.51. The molecular weight excluding hydrogens is 531 g/mol. The van der Waals surface area contributed by atoms with E-state index in [9.17, 15) is 23.9 Å². The van der Waals surface area contributed by atoms with Crippen molar-refractivity contribution in [3.63, 3.8) is 0 Å². The van der Waals surface area contributed by atoms with Gasteiger partial charge in [0.05, 0.1) is 41.8 Å². The number of hydrogen-bond donors (Lipinski definition) is 3. The van der Waals surface area contributed by atoms with Crippen molar-refractivity contribution in [2.24, 2.45) is 23.7 Å². The number of methoxy groups -OCH3 is 1. The number of amides is 2. The van der Waals surface area contributed by atoms with Crippen LogP contribution in [0.15, 0.2) is 24.4 Å². The van der Waals surface area contributed by atoms with Gasteiger partial charge >= 0.3 is 5.97 Å². The number of nitrogens with zero attached hydrogens (tertiary/aromatic N) is 2. The molecule has 0 aliphatic heterocycles. The number of anilines is 1. The molecule has 0 spiro atoms. The lowest BCUT2D eigenvalue weighted by molar-refractivity contribution is -0.143. The smallest absolute Gasteiger partial charge is 0.306 e. The number of carboxylic acid groups (broad SMARTS) is 1. The Balaban J connectivity index is 1.31. The fourth-order valence-corrected chi connectivity index (χ4v) is 6.44. The molecule has 2 amide bonds. The first-order valence-corrected chi connectivity index (χ1v) is 13.5. The maximum Gasteiger partial charge on any atom is 0.306 e. The van der Waals surface area contributed by atoms with Gasteiger partial charge in [0.25, 0.3) is 5.91 Å². The lowest BCUT2D eigenvalue weighted by Gasteiger charge is -2.31. The molecule has 208 valence electrons. The second-order valence-electron chi connectivity index (χ2n) is 10.5. The molecule has 0 radical (unpaired) electrons. The summed E-state index contributed by atoms with van der Waals surface area (Å²) in [6.07, 6.45) is 5.45. The van der Waals surface area contributed by atoms with Crippen LogP contribution in [-0.4, -0.2) is 52.3 Å². The number of rotatable bonds is 8. The van der Waals surface area contributed by atoms with E-state index in [1.54, 1.807) is 0 Å². The largest absolute Gasteiger partial charge is 0.496 e. The summed E-state index contributed by atoms with van der Waals surface area (Å²) in [6.45, 7) is 0. The highest BCUT2D eigenvalue weighted by Crippen LogP contribution is 2.49. The Labute approximate surface area is 229 Å². The van der Waals surface area contributed by atoms with Crippen LogP contribution in [0.5, 0.6) is 11.5 Å². The van der Waals surface area contributed by atoms with Crippen LogP contribution in [0, 0.1) is 29.5 Å². The van der Waals surface area contributed by atoms with E-state index in [0.717, 1.165) is 25.3 Å². The van der Waals surface area contributed by atoms with Gasteiger partial charge in [0, 0.05) is 18.2 Å². The third kappa shape index (κ3) is 5.78. The van der Waals surface area contributed by atoms with E-state index in [1.807, 2.05) is 0 Å². The summed E-state index contributed by atoms with van der Waals surface area (Å²) in [5, 5.41) is 23.0. The summed E-state index contributed by atoms with van der Waals surface area (Å²) < 4.78 is 26.0. The highest BCUT2D eigenvalue weighted by atomic mass is 35.5. The molecule has 1 aromatic heterocycles. The standard InChI is InChI=1S/C27H30ClFN4O6/c1-38-20-11-19(29)21(39-17-6-4-13(5-7-17)27(36)37)10-18(20)25(34)32-24-15-3-2-14(8-15)23(24)26(35)31-22-9-16(28)12-30-33-22/h9-15,17,23-24H,2-8H2,1H3,(H,32,34)(H,36,37)(H,31,33,35). The van der Waals surface area contributed by atoms with Gasteiger partial charge in [-0.2, -0.15) is 5.10 Å². The molecule has 0 saturated heterocycles. The van der Waals surface area contributed by atoms with Crippen LogP contribution in [0.4, 0.5) is 10.2 Å². The van der Waals surface area contributed by atoms with Gasteiger partial charge in [-0.05, 0) is 62.8 Å². The van der Waals surface area contributed by atoms with Crippen molar-refractivity contribution >= 4 is 35.2 Å². The number of nitrogens with one attached hydrogen (secondary N) is 2. The fraction of sp³-hybridized carbons (Fsp3) is 0.519. The average molecular weight is 561 g/mol. The van der Waals surface area contributed by atoms with Crippen LogP contribution in [0.1, 0.15) is 55.3 Å². The van der Waals surface area contributed by atoms with Crippen molar-refractivity contribution < 1.29 is 33.4 Å². The zero-order chi connectivity index (χ0) is 27.7. The molecule has 3 aliphatic rings. The van der Waals surface area contributed by atoms with E-state index in [1.165, 1.54) is 25.4 Å². The molecule has 3 saturated carbocycles. The SMILES string of the molecule is COc1cc(F)c(OC2CCC(C(=O)O)CC2)cc1C(=O)NC1C2CCC(C2)C1C(=O)Nc1cc(Cl)cnn1. The third-order valence-corrected chi connectivity index (χ3v) is 8.41. The predicted octanol–water partition coefficient (Wildman–Crippen LogP) is 4.08. The van der Waals surface area contributed by atoms with Crippen molar-refractivity contribution in [3.05, 3.63) is 40.8 Å². The molecular formula is C27H30ClFN4O6. The summed E-state index contributed by atoms with van der Waals surface area (Å²) in [5.41, 5.74) is 0.0933. The number of ether oxygens (including phenoxy) is 2. The molecule has 3 aliphatic carbocycles. The number of aromatic nitrogens is 2. The molecule has 1 aromatic carbocycles. The Hall–Kier alpha value is -3.47. The molecule has 39 heavy (non-hydrogen) atoms. The molecule has 2 aromatic rings. The summed E-state index contributed by atoms with van der Waals surface area (Å²) in [4.78, 5) is 38.0. The minimum absolute atomic E-state index is 0.0466. The normalized spacial score (nSPS) is 27.6. The van der Waals surface area contributed by atoms with Gasteiger partial charge in [0.2, 0.25) is 5.91 Å². The van der Waals surface area contributed by atoms with Crippen LogP contribution < -0.4 is 20.1 Å². The van der Waals surface area contributed by atoms with E-state index < -0.39 is 35.6 Å². The van der Waals surface area contributed by atoms with Crippen LogP contribution >= 0.6 is 11.6 Å². The van der Waals surface area contributed by atoms with Crippen molar-refractivity contribution in [2.45, 2.75) is 57.1 Å². The fourth-order valence-electron chi connectivity index (χ4n) is 6.30. The quantitative estimate of drug-likeness (QED) is 0.439. The number of hydrogen-bond acceptors (Lipinski definition) is 7. The van der Waals surface area contributed by atoms with Crippen LogP contribution in [-0.2, 0) is 9.59 Å². The predicted molar refractivity (Wildman–Crippen MR) is 138 cm³/mol. The number of carboxylic acids is 1. The van der Waals surface area contributed by atoms with Crippen LogP contribution in [0.2, 0.25) is 5.02 Å². The molecule has 2 bridgehead atoms. The number of carbonyl (C=O) groups excluding carboxylic acids is 2. The molecule has 4 atom stereocenters. The van der Waals surface area contributed by atoms with Crippen molar-refractivity contribution in [1.82, 2.24) is 15.5 Å². The second-order valence-corrected chi connectivity index (χ2v) is 11.0. The molecule has 1 heterocycles. The highest BCUT2D eigenvalue weighted by molar-refractivity contribution is 6.30. The first kappa shape index (κ1) is 27.1. The number of halogens is 2. The molecule has 5 rings (SSSR count). The van der Waals surface area contributed by atoms with Gasteiger partial charge in [0.15, 0.2) is 17.4 Å². The Morgan fingerprint density at radius 2 is 1.79 bits per heavy atom. The lowest BCUT2D eigenvalue weighted by Crippen LogP contribution is -2.48. The van der Waals surface area contributed by atoms with Gasteiger partial charge in [-0.25, -0.2) is 4.39 Å². The Morgan fingerprint density at radius 3 is 2.49 bits per heavy atom.